The third-order valence-corrected chi connectivity index (χ3v) is 3.57. The number of fused-ring (bicyclic) bond motifs is 1. The zero-order chi connectivity index (χ0) is 8.02. The fourth-order valence-corrected chi connectivity index (χ4v) is 2.47. The van der Waals surface area contributed by atoms with Gasteiger partial charge in [-0.3, -0.25) is 0 Å². The topological polar surface area (TPSA) is 0 Å². The first-order valence-corrected chi connectivity index (χ1v) is 4.95. The van der Waals surface area contributed by atoms with Crippen LogP contribution >= 0.6 is 0 Å². The van der Waals surface area contributed by atoms with Crippen molar-refractivity contribution in [2.24, 2.45) is 5.41 Å². The van der Waals surface area contributed by atoms with E-state index < -0.39 is 0 Å². The molecule has 0 aromatic heterocycles. The van der Waals surface area contributed by atoms with Gasteiger partial charge in [-0.25, -0.2) is 0 Å². The Bertz CT molecular complexity index is 308. The Balaban J connectivity index is 2.01. The molecule has 62 valence electrons. The SMILES string of the molecule is c1ccc2c(c1)CCC1(CC1)C2. The smallest absolute Gasteiger partial charge is 0.0219 e. The summed E-state index contributed by atoms with van der Waals surface area (Å²) in [5, 5.41) is 0. The molecule has 2 aliphatic rings. The summed E-state index contributed by atoms with van der Waals surface area (Å²) in [5.74, 6) is 0. The third kappa shape index (κ3) is 0.906. The molecular formula is C12H14. The number of aryl methyl sites for hydroxylation is 1. The maximum Gasteiger partial charge on any atom is -0.0219 e. The standard InChI is InChI=1S/C12H14/c1-2-4-11-9-12(7-8-12)6-5-10(11)3-1/h1-4H,5-9H2. The quantitative estimate of drug-likeness (QED) is 0.544. The average molecular weight is 158 g/mol. The molecule has 12 heavy (non-hydrogen) atoms. The summed E-state index contributed by atoms with van der Waals surface area (Å²) in [6.45, 7) is 0. The number of rotatable bonds is 0. The molecule has 0 atom stereocenters. The van der Waals surface area contributed by atoms with Crippen molar-refractivity contribution in [3.8, 4) is 0 Å². The summed E-state index contributed by atoms with van der Waals surface area (Å²) < 4.78 is 0. The van der Waals surface area contributed by atoms with E-state index in [4.69, 9.17) is 0 Å². The molecule has 0 unspecified atom stereocenters. The van der Waals surface area contributed by atoms with Crippen molar-refractivity contribution < 1.29 is 0 Å². The number of hydrogen-bond acceptors (Lipinski definition) is 0. The highest BCUT2D eigenvalue weighted by Crippen LogP contribution is 2.54. The Morgan fingerprint density at radius 1 is 0.917 bits per heavy atom. The third-order valence-electron chi connectivity index (χ3n) is 3.57. The van der Waals surface area contributed by atoms with Crippen LogP contribution in [0.25, 0.3) is 0 Å². The summed E-state index contributed by atoms with van der Waals surface area (Å²) >= 11 is 0. The highest BCUT2D eigenvalue weighted by Gasteiger charge is 2.44. The predicted octanol–water partition coefficient (Wildman–Crippen LogP) is 2.96. The second kappa shape index (κ2) is 2.12. The van der Waals surface area contributed by atoms with Gasteiger partial charge in [0.15, 0.2) is 0 Å². The normalized spacial score (nSPS) is 23.7. The molecule has 0 radical (unpaired) electrons. The fraction of sp³-hybridized carbons (Fsp3) is 0.500. The number of benzene rings is 1. The highest BCUT2D eigenvalue weighted by atomic mass is 14.5. The van der Waals surface area contributed by atoms with Crippen molar-refractivity contribution in [1.29, 1.82) is 0 Å². The largest absolute Gasteiger partial charge is 0.0620 e. The molecule has 0 nitrogen and oxygen atoms in total. The van der Waals surface area contributed by atoms with Crippen LogP contribution in [0.3, 0.4) is 0 Å². The van der Waals surface area contributed by atoms with Crippen LogP contribution < -0.4 is 0 Å². The van der Waals surface area contributed by atoms with Gasteiger partial charge in [0.25, 0.3) is 0 Å². The second-order valence-corrected chi connectivity index (χ2v) is 4.45. The Kier molecular flexibility index (Phi) is 1.19. The van der Waals surface area contributed by atoms with E-state index in [0.717, 1.165) is 5.41 Å². The lowest BCUT2D eigenvalue weighted by Gasteiger charge is -2.23. The number of hydrogen-bond donors (Lipinski definition) is 0. The molecule has 1 aromatic carbocycles. The molecule has 1 fully saturated rings. The second-order valence-electron chi connectivity index (χ2n) is 4.45. The first-order valence-electron chi connectivity index (χ1n) is 4.95. The molecule has 2 aliphatic carbocycles. The van der Waals surface area contributed by atoms with Crippen molar-refractivity contribution in [2.45, 2.75) is 32.1 Å². The summed E-state index contributed by atoms with van der Waals surface area (Å²) in [4.78, 5) is 0. The summed E-state index contributed by atoms with van der Waals surface area (Å²) in [6.07, 6.45) is 7.12. The van der Waals surface area contributed by atoms with E-state index in [1.165, 1.54) is 32.1 Å². The van der Waals surface area contributed by atoms with Crippen molar-refractivity contribution in [1.82, 2.24) is 0 Å². The summed E-state index contributed by atoms with van der Waals surface area (Å²) in [6, 6.07) is 8.96. The van der Waals surface area contributed by atoms with Gasteiger partial charge >= 0.3 is 0 Å². The van der Waals surface area contributed by atoms with Gasteiger partial charge in [0.1, 0.15) is 0 Å². The molecule has 3 rings (SSSR count). The Morgan fingerprint density at radius 3 is 2.42 bits per heavy atom. The van der Waals surface area contributed by atoms with E-state index in [1.807, 2.05) is 0 Å². The van der Waals surface area contributed by atoms with Gasteiger partial charge in [0.05, 0.1) is 0 Å². The molecule has 0 bridgehead atoms. The van der Waals surface area contributed by atoms with E-state index in [9.17, 15) is 0 Å². The van der Waals surface area contributed by atoms with Crippen molar-refractivity contribution in [2.75, 3.05) is 0 Å². The molecule has 0 heterocycles. The lowest BCUT2D eigenvalue weighted by molar-refractivity contribution is 0.438. The van der Waals surface area contributed by atoms with Gasteiger partial charge in [-0.15, -0.1) is 0 Å². The van der Waals surface area contributed by atoms with Crippen LogP contribution in [0.1, 0.15) is 30.4 Å². The van der Waals surface area contributed by atoms with Gasteiger partial charge in [-0.2, -0.15) is 0 Å². The summed E-state index contributed by atoms with van der Waals surface area (Å²) in [7, 11) is 0. The van der Waals surface area contributed by atoms with Crippen LogP contribution in [0.15, 0.2) is 24.3 Å². The molecule has 0 N–H and O–H groups in total. The van der Waals surface area contributed by atoms with Crippen molar-refractivity contribution >= 4 is 0 Å². The zero-order valence-electron chi connectivity index (χ0n) is 7.34. The first kappa shape index (κ1) is 6.71. The maximum atomic E-state index is 2.31. The van der Waals surface area contributed by atoms with Gasteiger partial charge in [-0.05, 0) is 48.6 Å². The Labute approximate surface area is 73.6 Å². The van der Waals surface area contributed by atoms with Crippen LogP contribution in [0.4, 0.5) is 0 Å². The van der Waals surface area contributed by atoms with Gasteiger partial charge in [0, 0.05) is 0 Å². The molecular weight excluding hydrogens is 144 g/mol. The molecule has 1 spiro atoms. The van der Waals surface area contributed by atoms with Crippen LogP contribution in [0.5, 0.6) is 0 Å². The fourth-order valence-electron chi connectivity index (χ4n) is 2.47. The van der Waals surface area contributed by atoms with Crippen molar-refractivity contribution in [3.05, 3.63) is 35.4 Å². The zero-order valence-corrected chi connectivity index (χ0v) is 7.34. The maximum absolute atomic E-state index is 2.31. The van der Waals surface area contributed by atoms with Crippen LogP contribution in [-0.2, 0) is 12.8 Å². The van der Waals surface area contributed by atoms with E-state index in [-0.39, 0.29) is 0 Å². The van der Waals surface area contributed by atoms with E-state index in [0.29, 0.717) is 0 Å². The Hall–Kier alpha value is -0.780. The molecule has 0 heteroatoms. The van der Waals surface area contributed by atoms with Gasteiger partial charge in [-0.1, -0.05) is 24.3 Å². The minimum atomic E-state index is 0.772. The molecule has 1 saturated carbocycles. The first-order chi connectivity index (χ1) is 5.88. The van der Waals surface area contributed by atoms with Crippen LogP contribution in [0, 0.1) is 5.41 Å². The van der Waals surface area contributed by atoms with E-state index >= 15 is 0 Å². The van der Waals surface area contributed by atoms with Crippen molar-refractivity contribution in [3.63, 3.8) is 0 Å². The van der Waals surface area contributed by atoms with E-state index in [1.54, 1.807) is 11.1 Å². The Morgan fingerprint density at radius 2 is 1.67 bits per heavy atom. The average Bonchev–Trinajstić information content (AvgIpc) is 2.85. The summed E-state index contributed by atoms with van der Waals surface area (Å²) in [5.41, 5.74) is 4.00. The molecule has 1 aromatic rings. The van der Waals surface area contributed by atoms with Gasteiger partial charge < -0.3 is 0 Å². The van der Waals surface area contributed by atoms with Crippen LogP contribution in [0.2, 0.25) is 0 Å². The molecule has 0 saturated heterocycles. The highest BCUT2D eigenvalue weighted by molar-refractivity contribution is 5.32. The van der Waals surface area contributed by atoms with E-state index in [2.05, 4.69) is 24.3 Å². The van der Waals surface area contributed by atoms with Gasteiger partial charge in [0.2, 0.25) is 0 Å². The minimum Gasteiger partial charge on any atom is -0.0620 e. The van der Waals surface area contributed by atoms with Crippen LogP contribution in [-0.4, -0.2) is 0 Å². The predicted molar refractivity (Wildman–Crippen MR) is 50.1 cm³/mol. The molecule has 0 amide bonds. The lowest BCUT2D eigenvalue weighted by atomic mass is 9.82. The lowest BCUT2D eigenvalue weighted by Crippen LogP contribution is -2.14. The molecule has 0 aliphatic heterocycles. The minimum absolute atomic E-state index is 0.772. The monoisotopic (exact) mass is 158 g/mol.